The highest BCUT2D eigenvalue weighted by Crippen LogP contribution is 2.43. The van der Waals surface area contributed by atoms with Gasteiger partial charge in [-0.05, 0) is 80.7 Å². The molecule has 15 heteroatoms. The number of piperidine rings is 2. The summed E-state index contributed by atoms with van der Waals surface area (Å²) < 4.78 is 33.2. The van der Waals surface area contributed by atoms with Gasteiger partial charge in [0.25, 0.3) is 6.43 Å². The van der Waals surface area contributed by atoms with Crippen molar-refractivity contribution < 1.29 is 23.5 Å². The van der Waals surface area contributed by atoms with E-state index in [-0.39, 0.29) is 17.5 Å². The van der Waals surface area contributed by atoms with Crippen LogP contribution < -0.4 is 9.80 Å². The number of rotatable bonds is 9. The Morgan fingerprint density at radius 1 is 0.982 bits per heavy atom. The van der Waals surface area contributed by atoms with Crippen LogP contribution in [-0.4, -0.2) is 110 Å². The van der Waals surface area contributed by atoms with E-state index in [0.717, 1.165) is 114 Å². The van der Waals surface area contributed by atoms with Gasteiger partial charge in [-0.25, -0.2) is 18.7 Å². The fraction of sp³-hybridized carbons (Fsp3) is 0.550. The van der Waals surface area contributed by atoms with Crippen molar-refractivity contribution >= 4 is 29.6 Å². The van der Waals surface area contributed by atoms with E-state index in [1.165, 1.54) is 12.1 Å². The average Bonchev–Trinajstić information content (AvgIpc) is 3.84. The molecule has 1 amide bonds. The second-order valence-corrected chi connectivity index (χ2v) is 15.1. The van der Waals surface area contributed by atoms with Crippen LogP contribution in [0, 0.1) is 5.92 Å². The summed E-state index contributed by atoms with van der Waals surface area (Å²) in [6, 6.07) is 3.84. The number of carbonyl (C=O) groups is 2. The van der Waals surface area contributed by atoms with Crippen molar-refractivity contribution in [1.82, 2.24) is 39.3 Å². The van der Waals surface area contributed by atoms with Crippen molar-refractivity contribution in [3.05, 3.63) is 64.9 Å². The van der Waals surface area contributed by atoms with E-state index in [0.29, 0.717) is 48.2 Å². The lowest BCUT2D eigenvalue weighted by Gasteiger charge is -2.36. The fourth-order valence-electron chi connectivity index (χ4n) is 8.81. The number of carbonyl (C=O) groups excluding carboxylic acids is 2. The Balaban J connectivity index is 0.00000229. The van der Waals surface area contributed by atoms with Crippen molar-refractivity contribution in [3.63, 3.8) is 0 Å². The highest BCUT2D eigenvalue weighted by molar-refractivity contribution is 5.78. The first-order valence-corrected chi connectivity index (χ1v) is 19.5. The summed E-state index contributed by atoms with van der Waals surface area (Å²) in [5, 5.41) is 16.6. The van der Waals surface area contributed by atoms with Crippen LogP contribution in [-0.2, 0) is 31.2 Å². The zero-order chi connectivity index (χ0) is 38.6. The Bertz CT molecular complexity index is 1950. The number of fused-ring (bicyclic) bond motifs is 2. The summed E-state index contributed by atoms with van der Waals surface area (Å²) in [5.41, 5.74) is 5.76. The second-order valence-electron chi connectivity index (χ2n) is 15.1. The number of anilines is 3. The fourth-order valence-corrected chi connectivity index (χ4v) is 8.81. The van der Waals surface area contributed by atoms with Gasteiger partial charge >= 0.3 is 0 Å². The minimum absolute atomic E-state index is 0.000340. The zero-order valence-electron chi connectivity index (χ0n) is 32.1. The van der Waals surface area contributed by atoms with Crippen LogP contribution in [0.2, 0.25) is 0 Å². The highest BCUT2D eigenvalue weighted by atomic mass is 19.3. The Kier molecular flexibility index (Phi) is 11.9. The van der Waals surface area contributed by atoms with E-state index < -0.39 is 6.43 Å². The topological polar surface area (TPSA) is 129 Å². The molecule has 0 saturated carbocycles. The largest absolute Gasteiger partial charge is 0.400 e. The summed E-state index contributed by atoms with van der Waals surface area (Å²) in [6.07, 6.45) is 12.5. The van der Waals surface area contributed by atoms with Crippen molar-refractivity contribution in [2.45, 2.75) is 77.3 Å². The third kappa shape index (κ3) is 8.13. The first-order valence-electron chi connectivity index (χ1n) is 19.5. The molecule has 4 aliphatic rings. The maximum atomic E-state index is 14.6. The number of aryl methyl sites for hydroxylation is 2. The van der Waals surface area contributed by atoms with Gasteiger partial charge in [0, 0.05) is 113 Å². The van der Waals surface area contributed by atoms with Crippen LogP contribution in [0.4, 0.5) is 26.2 Å². The summed E-state index contributed by atoms with van der Waals surface area (Å²) in [6.45, 7) is 8.38. The third-order valence-corrected chi connectivity index (χ3v) is 11.8. The normalized spacial score (nSPS) is 18.2. The van der Waals surface area contributed by atoms with E-state index in [1.54, 1.807) is 49.5 Å². The van der Waals surface area contributed by atoms with Gasteiger partial charge in [0.1, 0.15) is 0 Å². The number of aromatic nitrogens is 6. The number of aliphatic hydroxyl groups is 1. The molecule has 0 radical (unpaired) electrons. The number of hydrogen-bond acceptors (Lipinski definition) is 10. The molecule has 13 nitrogen and oxygen atoms in total. The number of benzene rings is 1. The average molecular weight is 759 g/mol. The lowest BCUT2D eigenvalue weighted by molar-refractivity contribution is -0.129. The quantitative estimate of drug-likeness (QED) is 0.223. The van der Waals surface area contributed by atoms with Crippen molar-refractivity contribution in [2.75, 3.05) is 62.7 Å². The monoisotopic (exact) mass is 758 g/mol. The number of aliphatic hydroxyl groups excluding tert-OH is 1. The number of nitrogens with zero attached hydrogens (tertiary/aromatic N) is 10. The van der Waals surface area contributed by atoms with Gasteiger partial charge in [0.2, 0.25) is 11.9 Å². The molecule has 2 fully saturated rings. The molecule has 294 valence electrons. The molecular formula is C40H52F2N10O3. The van der Waals surface area contributed by atoms with Gasteiger partial charge in [0.15, 0.2) is 12.1 Å². The minimum Gasteiger partial charge on any atom is -0.400 e. The molecular weight excluding hydrogens is 707 g/mol. The minimum atomic E-state index is -2.64. The zero-order valence-corrected chi connectivity index (χ0v) is 32.1. The van der Waals surface area contributed by atoms with E-state index >= 15 is 0 Å². The molecule has 55 heavy (non-hydrogen) atoms. The van der Waals surface area contributed by atoms with Gasteiger partial charge in [0.05, 0.1) is 24.3 Å². The number of halogens is 2. The maximum absolute atomic E-state index is 14.6. The van der Waals surface area contributed by atoms with Crippen molar-refractivity contribution in [1.29, 1.82) is 0 Å². The number of likely N-dealkylation sites (tertiary alicyclic amines) is 1. The molecule has 1 N–H and O–H groups in total. The summed E-state index contributed by atoms with van der Waals surface area (Å²) in [5.74, 6) is 2.21. The summed E-state index contributed by atoms with van der Waals surface area (Å²) in [4.78, 5) is 41.1. The van der Waals surface area contributed by atoms with Gasteiger partial charge in [-0.3, -0.25) is 19.0 Å². The number of alkyl halides is 2. The lowest BCUT2D eigenvalue weighted by Crippen LogP contribution is -2.39. The summed E-state index contributed by atoms with van der Waals surface area (Å²) >= 11 is 0. The second kappa shape index (κ2) is 16.9. The van der Waals surface area contributed by atoms with E-state index in [1.807, 2.05) is 11.0 Å². The summed E-state index contributed by atoms with van der Waals surface area (Å²) in [7, 11) is 2.79. The van der Waals surface area contributed by atoms with Crippen LogP contribution in [0.3, 0.4) is 0 Å². The predicted octanol–water partition coefficient (Wildman–Crippen LogP) is 5.36. The lowest BCUT2D eigenvalue weighted by atomic mass is 9.92. The van der Waals surface area contributed by atoms with Gasteiger partial charge in [-0.1, -0.05) is 0 Å². The SMILES string of the molecule is CC(=O)N1CCc2c(c(N3CCCc4cc(-c5cnn(C)c5)c(C(F)F)cc43)nn2C2CCN(CCC3CCN(c4ncc(C=O)cn4)CC3)CC2)C1.CO. The number of hydrogen-bond donors (Lipinski definition) is 1. The molecule has 0 unspecified atom stereocenters. The standard InChI is InChI=1S/C39H48F2N10O2.CH4O/c1-26(53)49-17-10-35-34(24-49)38(50-11-3-4-29-18-32(30-22-44-46(2)23-30)33(37(40)41)19-36(29)50)45-51(35)31-8-13-47(14-9-31)12-5-27-6-15-48(16-7-27)39-42-20-28(25-52)21-43-39;1-2/h18-23,25,27,31,37H,3-17,24H2,1-2H3;2H,1H3. The van der Waals surface area contributed by atoms with E-state index in [9.17, 15) is 18.4 Å². The Morgan fingerprint density at radius 3 is 2.38 bits per heavy atom. The molecule has 0 atom stereocenters. The Hall–Kier alpha value is -4.76. The molecule has 0 bridgehead atoms. The van der Waals surface area contributed by atoms with Crippen LogP contribution >= 0.6 is 0 Å². The molecule has 0 spiro atoms. The molecule has 7 heterocycles. The molecule has 8 rings (SSSR count). The molecule has 3 aromatic heterocycles. The van der Waals surface area contributed by atoms with Crippen LogP contribution in [0.1, 0.15) is 90.7 Å². The van der Waals surface area contributed by atoms with Gasteiger partial charge < -0.3 is 24.7 Å². The van der Waals surface area contributed by atoms with Crippen LogP contribution in [0.15, 0.2) is 36.9 Å². The van der Waals surface area contributed by atoms with Crippen molar-refractivity contribution in [3.8, 4) is 11.1 Å². The maximum Gasteiger partial charge on any atom is 0.264 e. The predicted molar refractivity (Wildman–Crippen MR) is 206 cm³/mol. The first-order chi connectivity index (χ1) is 26.7. The van der Waals surface area contributed by atoms with Crippen molar-refractivity contribution in [2.24, 2.45) is 13.0 Å². The molecule has 2 saturated heterocycles. The van der Waals surface area contributed by atoms with Crippen LogP contribution in [0.25, 0.3) is 11.1 Å². The van der Waals surface area contributed by atoms with Gasteiger partial charge in [-0.2, -0.15) is 10.2 Å². The molecule has 4 aromatic rings. The Labute approximate surface area is 320 Å². The van der Waals surface area contributed by atoms with E-state index in [4.69, 9.17) is 10.2 Å². The smallest absolute Gasteiger partial charge is 0.264 e. The number of amides is 1. The van der Waals surface area contributed by atoms with Crippen LogP contribution in [0.5, 0.6) is 0 Å². The first kappa shape index (κ1) is 38.5. The Morgan fingerprint density at radius 2 is 1.73 bits per heavy atom. The number of aldehydes is 1. The molecule has 1 aromatic carbocycles. The molecule has 0 aliphatic carbocycles. The molecule has 4 aliphatic heterocycles. The van der Waals surface area contributed by atoms with Gasteiger partial charge in [-0.15, -0.1) is 0 Å². The highest BCUT2D eigenvalue weighted by Gasteiger charge is 2.35. The van der Waals surface area contributed by atoms with E-state index in [2.05, 4.69) is 34.4 Å². The third-order valence-electron chi connectivity index (χ3n) is 11.8.